The minimum absolute atomic E-state index is 0.0246. The van der Waals surface area contributed by atoms with Gasteiger partial charge in [0.25, 0.3) is 0 Å². The van der Waals surface area contributed by atoms with Gasteiger partial charge in [0, 0.05) is 13.0 Å². The Labute approximate surface area is 107 Å². The number of nitrogens with zero attached hydrogens (tertiary/aromatic N) is 1. The van der Waals surface area contributed by atoms with E-state index in [4.69, 9.17) is 14.2 Å². The molecule has 0 bridgehead atoms. The molecule has 3 aliphatic rings. The van der Waals surface area contributed by atoms with Crippen molar-refractivity contribution < 1.29 is 19.0 Å². The van der Waals surface area contributed by atoms with Gasteiger partial charge in [-0.1, -0.05) is 0 Å². The molecule has 0 aromatic rings. The maximum Gasteiger partial charge on any atom is 0.228 e. The highest BCUT2D eigenvalue weighted by atomic mass is 16.7. The molecule has 0 aromatic heterocycles. The molecule has 18 heavy (non-hydrogen) atoms. The zero-order valence-corrected chi connectivity index (χ0v) is 10.9. The van der Waals surface area contributed by atoms with E-state index in [0.717, 1.165) is 25.8 Å². The first kappa shape index (κ1) is 12.4. The molecule has 5 heteroatoms. The molecule has 2 unspecified atom stereocenters. The monoisotopic (exact) mass is 255 g/mol. The van der Waals surface area contributed by atoms with Crippen LogP contribution in [0.15, 0.2) is 0 Å². The second-order valence-corrected chi connectivity index (χ2v) is 5.55. The third-order valence-corrected chi connectivity index (χ3v) is 4.09. The largest absolute Gasteiger partial charge is 0.378 e. The lowest BCUT2D eigenvalue weighted by atomic mass is 10.00. The summed E-state index contributed by atoms with van der Waals surface area (Å²) in [6.07, 6.45) is 2.89. The van der Waals surface area contributed by atoms with Crippen molar-refractivity contribution in [1.29, 1.82) is 0 Å². The molecule has 3 rings (SSSR count). The van der Waals surface area contributed by atoms with E-state index in [2.05, 4.69) is 0 Å². The number of rotatable bonds is 1. The van der Waals surface area contributed by atoms with Crippen LogP contribution in [-0.2, 0) is 19.0 Å². The van der Waals surface area contributed by atoms with Gasteiger partial charge in [0.15, 0.2) is 5.79 Å². The molecule has 3 fully saturated rings. The Hall–Kier alpha value is -0.650. The first-order valence-corrected chi connectivity index (χ1v) is 6.87. The molecule has 2 atom stereocenters. The highest BCUT2D eigenvalue weighted by molar-refractivity contribution is 5.79. The number of amides is 1. The SMILES string of the molecule is CC1CC(C(=O)N2CCCC3(C2)OCCO3)CO1. The summed E-state index contributed by atoms with van der Waals surface area (Å²) in [6.45, 7) is 5.27. The van der Waals surface area contributed by atoms with Crippen LogP contribution in [0.5, 0.6) is 0 Å². The van der Waals surface area contributed by atoms with Gasteiger partial charge in [-0.3, -0.25) is 4.79 Å². The van der Waals surface area contributed by atoms with Crippen molar-refractivity contribution in [3.8, 4) is 0 Å². The minimum Gasteiger partial charge on any atom is -0.378 e. The van der Waals surface area contributed by atoms with E-state index in [1.807, 2.05) is 11.8 Å². The number of hydrogen-bond acceptors (Lipinski definition) is 4. The minimum atomic E-state index is -0.515. The molecule has 5 nitrogen and oxygen atoms in total. The fourth-order valence-electron chi connectivity index (χ4n) is 3.16. The Morgan fingerprint density at radius 3 is 2.78 bits per heavy atom. The van der Waals surface area contributed by atoms with E-state index in [1.54, 1.807) is 0 Å². The summed E-state index contributed by atoms with van der Waals surface area (Å²) in [7, 11) is 0. The molecule has 1 amide bonds. The molecule has 0 N–H and O–H groups in total. The standard InChI is InChI=1S/C13H21NO4/c1-10-7-11(8-16-10)12(15)14-4-2-3-13(9-14)17-5-6-18-13/h10-11H,2-9H2,1H3. The fourth-order valence-corrected chi connectivity index (χ4v) is 3.16. The predicted octanol–water partition coefficient (Wildman–Crippen LogP) is 0.777. The van der Waals surface area contributed by atoms with Crippen LogP contribution >= 0.6 is 0 Å². The second kappa shape index (κ2) is 4.79. The summed E-state index contributed by atoms with van der Waals surface area (Å²) in [5, 5.41) is 0. The second-order valence-electron chi connectivity index (χ2n) is 5.55. The van der Waals surface area contributed by atoms with Gasteiger partial charge in [-0.15, -0.1) is 0 Å². The molecule has 3 heterocycles. The molecule has 0 aliphatic carbocycles. The van der Waals surface area contributed by atoms with Gasteiger partial charge >= 0.3 is 0 Å². The summed E-state index contributed by atoms with van der Waals surface area (Å²) >= 11 is 0. The van der Waals surface area contributed by atoms with Crippen molar-refractivity contribution >= 4 is 5.91 Å². The number of carbonyl (C=O) groups is 1. The summed E-state index contributed by atoms with van der Waals surface area (Å²) in [5.41, 5.74) is 0. The van der Waals surface area contributed by atoms with Gasteiger partial charge in [0.1, 0.15) is 0 Å². The number of hydrogen-bond donors (Lipinski definition) is 0. The van der Waals surface area contributed by atoms with E-state index in [-0.39, 0.29) is 17.9 Å². The smallest absolute Gasteiger partial charge is 0.228 e. The Morgan fingerprint density at radius 2 is 2.11 bits per heavy atom. The number of piperidine rings is 1. The number of ether oxygens (including phenoxy) is 3. The van der Waals surface area contributed by atoms with Crippen molar-refractivity contribution in [1.82, 2.24) is 4.90 Å². The van der Waals surface area contributed by atoms with Gasteiger partial charge in [0.05, 0.1) is 38.4 Å². The van der Waals surface area contributed by atoms with Crippen LogP contribution in [0.1, 0.15) is 26.2 Å². The molecular weight excluding hydrogens is 234 g/mol. The van der Waals surface area contributed by atoms with Crippen molar-refractivity contribution in [3.05, 3.63) is 0 Å². The van der Waals surface area contributed by atoms with Gasteiger partial charge in [0.2, 0.25) is 5.91 Å². The lowest BCUT2D eigenvalue weighted by molar-refractivity contribution is -0.194. The van der Waals surface area contributed by atoms with Crippen molar-refractivity contribution in [2.45, 2.75) is 38.1 Å². The van der Waals surface area contributed by atoms with Crippen LogP contribution in [0.25, 0.3) is 0 Å². The van der Waals surface area contributed by atoms with Crippen LogP contribution in [0.2, 0.25) is 0 Å². The molecule has 3 aliphatic heterocycles. The van der Waals surface area contributed by atoms with Gasteiger partial charge < -0.3 is 19.1 Å². The van der Waals surface area contributed by atoms with Gasteiger partial charge in [-0.25, -0.2) is 0 Å². The molecule has 0 saturated carbocycles. The zero-order chi connectivity index (χ0) is 12.6. The Kier molecular flexibility index (Phi) is 3.30. The van der Waals surface area contributed by atoms with Crippen LogP contribution in [0.4, 0.5) is 0 Å². The van der Waals surface area contributed by atoms with Gasteiger partial charge in [-0.2, -0.15) is 0 Å². The Balaban J connectivity index is 1.63. The molecule has 3 saturated heterocycles. The first-order valence-electron chi connectivity index (χ1n) is 6.87. The number of carbonyl (C=O) groups excluding carboxylic acids is 1. The zero-order valence-electron chi connectivity index (χ0n) is 10.9. The molecular formula is C13H21NO4. The van der Waals surface area contributed by atoms with Crippen LogP contribution in [0, 0.1) is 5.92 Å². The molecule has 1 spiro atoms. The summed E-state index contributed by atoms with van der Waals surface area (Å²) in [4.78, 5) is 14.3. The Bertz CT molecular complexity index is 327. The van der Waals surface area contributed by atoms with Crippen molar-refractivity contribution in [2.75, 3.05) is 32.9 Å². The van der Waals surface area contributed by atoms with Crippen LogP contribution in [0.3, 0.4) is 0 Å². The van der Waals surface area contributed by atoms with E-state index < -0.39 is 5.79 Å². The molecule has 0 aromatic carbocycles. The normalized spacial score (nSPS) is 35.3. The van der Waals surface area contributed by atoms with Crippen LogP contribution < -0.4 is 0 Å². The lowest BCUT2D eigenvalue weighted by Crippen LogP contribution is -2.52. The summed E-state index contributed by atoms with van der Waals surface area (Å²) in [5.74, 6) is -0.284. The van der Waals surface area contributed by atoms with E-state index in [9.17, 15) is 4.79 Å². The maximum absolute atomic E-state index is 12.4. The average molecular weight is 255 g/mol. The van der Waals surface area contributed by atoms with E-state index in [1.165, 1.54) is 0 Å². The molecule has 102 valence electrons. The highest BCUT2D eigenvalue weighted by Gasteiger charge is 2.43. The summed E-state index contributed by atoms with van der Waals surface area (Å²) in [6, 6.07) is 0. The lowest BCUT2D eigenvalue weighted by Gasteiger charge is -2.39. The highest BCUT2D eigenvalue weighted by Crippen LogP contribution is 2.31. The van der Waals surface area contributed by atoms with Crippen molar-refractivity contribution in [3.63, 3.8) is 0 Å². The fraction of sp³-hybridized carbons (Fsp3) is 0.923. The van der Waals surface area contributed by atoms with E-state index in [0.29, 0.717) is 26.4 Å². The third-order valence-electron chi connectivity index (χ3n) is 4.09. The van der Waals surface area contributed by atoms with Gasteiger partial charge in [-0.05, 0) is 19.8 Å². The quantitative estimate of drug-likeness (QED) is 0.694. The number of likely N-dealkylation sites (tertiary alicyclic amines) is 1. The first-order chi connectivity index (χ1) is 8.69. The average Bonchev–Trinajstić information content (AvgIpc) is 2.98. The predicted molar refractivity (Wildman–Crippen MR) is 64.0 cm³/mol. The summed E-state index contributed by atoms with van der Waals surface area (Å²) < 4.78 is 16.9. The van der Waals surface area contributed by atoms with Crippen molar-refractivity contribution in [2.24, 2.45) is 5.92 Å². The van der Waals surface area contributed by atoms with Crippen LogP contribution in [-0.4, -0.2) is 55.6 Å². The third kappa shape index (κ3) is 2.27. The Morgan fingerprint density at radius 1 is 1.33 bits per heavy atom. The maximum atomic E-state index is 12.4. The van der Waals surface area contributed by atoms with E-state index >= 15 is 0 Å². The molecule has 0 radical (unpaired) electrons. The topological polar surface area (TPSA) is 48.0 Å².